The molecular weight excluding hydrogens is 337 g/mol. The van der Waals surface area contributed by atoms with Crippen LogP contribution >= 0.6 is 0 Å². The highest BCUT2D eigenvalue weighted by Crippen LogP contribution is 2.32. The van der Waals surface area contributed by atoms with Crippen LogP contribution in [0.3, 0.4) is 0 Å². The predicted octanol–water partition coefficient (Wildman–Crippen LogP) is 2.72. The van der Waals surface area contributed by atoms with Gasteiger partial charge in [-0.05, 0) is 30.7 Å². The molecule has 1 fully saturated rings. The number of para-hydroxylation sites is 2. The number of amides is 1. The molecule has 1 amide bonds. The molecule has 1 saturated heterocycles. The third kappa shape index (κ3) is 3.49. The number of hydrogen-bond donors (Lipinski definition) is 1. The van der Waals surface area contributed by atoms with Gasteiger partial charge in [0.05, 0.1) is 12.8 Å². The smallest absolute Gasteiger partial charge is 0.435 e. The Labute approximate surface area is 141 Å². The van der Waals surface area contributed by atoms with E-state index < -0.39 is 17.9 Å². The van der Waals surface area contributed by atoms with Crippen molar-refractivity contribution in [3.8, 4) is 5.75 Å². The summed E-state index contributed by atoms with van der Waals surface area (Å²) >= 11 is 0. The lowest BCUT2D eigenvalue weighted by atomic mass is 10.2. The standard InChI is InChI=1S/C16H15F3N4O2/c1-25-12-5-3-2-4-11(12)23-9-8-10(15(23)24)20-14-7-6-13(21-22-14)16(17,18)19/h2-7,10H,8-9H2,1H3,(H,20,22). The van der Waals surface area contributed by atoms with Crippen LogP contribution < -0.4 is 15.0 Å². The Morgan fingerprint density at radius 2 is 1.96 bits per heavy atom. The zero-order valence-corrected chi connectivity index (χ0v) is 13.2. The Balaban J connectivity index is 1.72. The molecule has 9 heteroatoms. The molecule has 1 atom stereocenters. The Morgan fingerprint density at radius 1 is 1.20 bits per heavy atom. The normalized spacial score (nSPS) is 17.7. The highest BCUT2D eigenvalue weighted by Gasteiger charge is 2.35. The monoisotopic (exact) mass is 352 g/mol. The van der Waals surface area contributed by atoms with E-state index >= 15 is 0 Å². The lowest BCUT2D eigenvalue weighted by Gasteiger charge is -2.19. The summed E-state index contributed by atoms with van der Waals surface area (Å²) < 4.78 is 42.8. The second-order valence-electron chi connectivity index (χ2n) is 5.45. The van der Waals surface area contributed by atoms with Crippen LogP contribution in [-0.2, 0) is 11.0 Å². The second-order valence-corrected chi connectivity index (χ2v) is 5.45. The number of carbonyl (C=O) groups excluding carboxylic acids is 1. The van der Waals surface area contributed by atoms with Crippen molar-refractivity contribution >= 4 is 17.4 Å². The van der Waals surface area contributed by atoms with Gasteiger partial charge in [-0.3, -0.25) is 4.79 Å². The first-order chi connectivity index (χ1) is 11.9. The van der Waals surface area contributed by atoms with E-state index in [1.54, 1.807) is 29.2 Å². The van der Waals surface area contributed by atoms with Crippen molar-refractivity contribution < 1.29 is 22.7 Å². The molecule has 25 heavy (non-hydrogen) atoms. The van der Waals surface area contributed by atoms with Crippen LogP contribution in [0, 0.1) is 0 Å². The molecule has 1 unspecified atom stereocenters. The van der Waals surface area contributed by atoms with E-state index in [-0.39, 0.29) is 11.7 Å². The van der Waals surface area contributed by atoms with Crippen molar-refractivity contribution in [2.24, 2.45) is 0 Å². The molecule has 1 aromatic heterocycles. The number of benzene rings is 1. The number of ether oxygens (including phenoxy) is 1. The number of hydrogen-bond acceptors (Lipinski definition) is 5. The van der Waals surface area contributed by atoms with Gasteiger partial charge < -0.3 is 15.0 Å². The number of rotatable bonds is 4. The quantitative estimate of drug-likeness (QED) is 0.916. The Kier molecular flexibility index (Phi) is 4.47. The Hall–Kier alpha value is -2.84. The van der Waals surface area contributed by atoms with Gasteiger partial charge in [-0.1, -0.05) is 12.1 Å². The largest absolute Gasteiger partial charge is 0.495 e. The molecule has 3 rings (SSSR count). The van der Waals surface area contributed by atoms with Gasteiger partial charge in [-0.15, -0.1) is 10.2 Å². The highest BCUT2D eigenvalue weighted by molar-refractivity contribution is 6.01. The number of anilines is 2. The van der Waals surface area contributed by atoms with Crippen LogP contribution in [0.5, 0.6) is 5.75 Å². The van der Waals surface area contributed by atoms with Crippen molar-refractivity contribution in [2.75, 3.05) is 23.9 Å². The maximum atomic E-state index is 12.6. The zero-order chi connectivity index (χ0) is 18.0. The third-order valence-electron chi connectivity index (χ3n) is 3.86. The van der Waals surface area contributed by atoms with E-state index in [0.29, 0.717) is 24.4 Å². The summed E-state index contributed by atoms with van der Waals surface area (Å²) in [5, 5.41) is 9.47. The van der Waals surface area contributed by atoms with Crippen LogP contribution in [0.4, 0.5) is 24.7 Å². The molecule has 2 heterocycles. The zero-order valence-electron chi connectivity index (χ0n) is 13.2. The molecular formula is C16H15F3N4O2. The van der Waals surface area contributed by atoms with E-state index in [1.165, 1.54) is 7.11 Å². The van der Waals surface area contributed by atoms with Crippen molar-refractivity contribution in [3.05, 3.63) is 42.1 Å². The van der Waals surface area contributed by atoms with Crippen LogP contribution in [0.15, 0.2) is 36.4 Å². The van der Waals surface area contributed by atoms with Crippen molar-refractivity contribution in [1.29, 1.82) is 0 Å². The Bertz CT molecular complexity index is 765. The Morgan fingerprint density at radius 3 is 2.60 bits per heavy atom. The van der Waals surface area contributed by atoms with Crippen molar-refractivity contribution in [2.45, 2.75) is 18.6 Å². The number of methoxy groups -OCH3 is 1. The SMILES string of the molecule is COc1ccccc1N1CCC(Nc2ccc(C(F)(F)F)nn2)C1=O. The van der Waals surface area contributed by atoms with E-state index in [1.807, 2.05) is 0 Å². The molecule has 0 bridgehead atoms. The summed E-state index contributed by atoms with van der Waals surface area (Å²) in [4.78, 5) is 14.2. The van der Waals surface area contributed by atoms with Gasteiger partial charge in [0.25, 0.3) is 0 Å². The molecule has 1 aliphatic rings. The molecule has 1 aliphatic heterocycles. The number of nitrogens with zero attached hydrogens (tertiary/aromatic N) is 3. The number of nitrogens with one attached hydrogen (secondary N) is 1. The van der Waals surface area contributed by atoms with E-state index in [4.69, 9.17) is 4.74 Å². The van der Waals surface area contributed by atoms with Crippen molar-refractivity contribution in [1.82, 2.24) is 10.2 Å². The lowest BCUT2D eigenvalue weighted by molar-refractivity contribution is -0.141. The minimum absolute atomic E-state index is 0.119. The molecule has 1 N–H and O–H groups in total. The van der Waals surface area contributed by atoms with Gasteiger partial charge >= 0.3 is 6.18 Å². The highest BCUT2D eigenvalue weighted by atomic mass is 19.4. The molecule has 0 radical (unpaired) electrons. The molecule has 1 aromatic carbocycles. The summed E-state index contributed by atoms with van der Waals surface area (Å²) in [5.41, 5.74) is -0.427. The fourth-order valence-corrected chi connectivity index (χ4v) is 2.64. The molecule has 132 valence electrons. The second kappa shape index (κ2) is 6.58. The molecule has 0 spiro atoms. The first-order valence-electron chi connectivity index (χ1n) is 7.52. The van der Waals surface area contributed by atoms with E-state index in [0.717, 1.165) is 12.1 Å². The first-order valence-corrected chi connectivity index (χ1v) is 7.52. The number of alkyl halides is 3. The van der Waals surface area contributed by atoms with E-state index in [2.05, 4.69) is 15.5 Å². The fourth-order valence-electron chi connectivity index (χ4n) is 2.64. The summed E-state index contributed by atoms with van der Waals surface area (Å²) in [6.45, 7) is 0.463. The number of aromatic nitrogens is 2. The van der Waals surface area contributed by atoms with Crippen LogP contribution in [-0.4, -0.2) is 35.8 Å². The van der Waals surface area contributed by atoms with Crippen LogP contribution in [0.2, 0.25) is 0 Å². The number of halogens is 3. The fraction of sp³-hybridized carbons (Fsp3) is 0.312. The molecule has 0 aliphatic carbocycles. The number of carbonyl (C=O) groups is 1. The van der Waals surface area contributed by atoms with Gasteiger partial charge in [-0.25, -0.2) is 0 Å². The predicted molar refractivity (Wildman–Crippen MR) is 84.4 cm³/mol. The third-order valence-corrected chi connectivity index (χ3v) is 3.86. The lowest BCUT2D eigenvalue weighted by Crippen LogP contribution is -2.34. The topological polar surface area (TPSA) is 67.3 Å². The minimum Gasteiger partial charge on any atom is -0.495 e. The maximum absolute atomic E-state index is 12.6. The summed E-state index contributed by atoms with van der Waals surface area (Å²) in [6, 6.07) is 8.53. The molecule has 0 saturated carbocycles. The van der Waals surface area contributed by atoms with Crippen LogP contribution in [0.25, 0.3) is 0 Å². The minimum atomic E-state index is -4.55. The van der Waals surface area contributed by atoms with E-state index in [9.17, 15) is 18.0 Å². The first kappa shape index (κ1) is 17.0. The average Bonchev–Trinajstić information content (AvgIpc) is 2.95. The average molecular weight is 352 g/mol. The van der Waals surface area contributed by atoms with Gasteiger partial charge in [0.2, 0.25) is 5.91 Å². The summed E-state index contributed by atoms with van der Waals surface area (Å²) in [6.07, 6.45) is -4.06. The molecule has 2 aromatic rings. The molecule has 6 nitrogen and oxygen atoms in total. The summed E-state index contributed by atoms with van der Waals surface area (Å²) in [7, 11) is 1.52. The van der Waals surface area contributed by atoms with Crippen LogP contribution in [0.1, 0.15) is 12.1 Å². The van der Waals surface area contributed by atoms with Gasteiger partial charge in [0.1, 0.15) is 17.6 Å². The van der Waals surface area contributed by atoms with Crippen molar-refractivity contribution in [3.63, 3.8) is 0 Å². The van der Waals surface area contributed by atoms with Gasteiger partial charge in [0, 0.05) is 6.54 Å². The van der Waals surface area contributed by atoms with Gasteiger partial charge in [-0.2, -0.15) is 13.2 Å². The van der Waals surface area contributed by atoms with Gasteiger partial charge in [0.15, 0.2) is 5.69 Å². The summed E-state index contributed by atoms with van der Waals surface area (Å²) in [5.74, 6) is 0.491. The maximum Gasteiger partial charge on any atom is 0.435 e.